The maximum atomic E-state index is 9.97. The first-order valence-corrected chi connectivity index (χ1v) is 12.4. The molecule has 7 atom stereocenters. The molecule has 0 heterocycles. The Kier molecular flexibility index (Phi) is 5.55. The number of allylic oxidation sites excluding steroid dienone is 2. The molecule has 3 heteroatoms. The zero-order valence-corrected chi connectivity index (χ0v) is 17.5. The predicted octanol–water partition coefficient (Wildman–Crippen LogP) is 5.10. The molecule has 0 unspecified atom stereocenters. The molecule has 0 aromatic rings. The van der Waals surface area contributed by atoms with Crippen molar-refractivity contribution in [2.24, 2.45) is 35.5 Å². The quantitative estimate of drug-likeness (QED) is 0.573. The minimum Gasteiger partial charge on any atom is -0.413 e. The van der Waals surface area contributed by atoms with Gasteiger partial charge >= 0.3 is 0 Å². The van der Waals surface area contributed by atoms with E-state index in [9.17, 15) is 5.11 Å². The second-order valence-corrected chi connectivity index (χ2v) is 14.5. The van der Waals surface area contributed by atoms with Crippen LogP contribution in [0.4, 0.5) is 0 Å². The normalized spacial score (nSPS) is 41.7. The molecular formula is C20H38O2Si. The molecule has 2 aliphatic carbocycles. The molecule has 0 aliphatic heterocycles. The molecule has 2 nitrogen and oxygen atoms in total. The summed E-state index contributed by atoms with van der Waals surface area (Å²) in [5, 5.41) is 10.2. The van der Waals surface area contributed by atoms with Gasteiger partial charge in [0.2, 0.25) is 0 Å². The lowest BCUT2D eigenvalue weighted by Gasteiger charge is -2.52. The van der Waals surface area contributed by atoms with Gasteiger partial charge in [-0.2, -0.15) is 0 Å². The molecule has 0 amide bonds. The van der Waals surface area contributed by atoms with Crippen LogP contribution in [-0.4, -0.2) is 26.1 Å². The van der Waals surface area contributed by atoms with Gasteiger partial charge in [-0.25, -0.2) is 0 Å². The average Bonchev–Trinajstić information content (AvgIpc) is 2.43. The van der Waals surface area contributed by atoms with E-state index in [-0.39, 0.29) is 5.04 Å². The highest BCUT2D eigenvalue weighted by Gasteiger charge is 2.49. The molecule has 1 fully saturated rings. The van der Waals surface area contributed by atoms with Crippen molar-refractivity contribution in [3.8, 4) is 0 Å². The third kappa shape index (κ3) is 3.62. The Morgan fingerprint density at radius 1 is 1.13 bits per heavy atom. The van der Waals surface area contributed by atoms with Gasteiger partial charge in [-0.3, -0.25) is 0 Å². The van der Waals surface area contributed by atoms with Gasteiger partial charge in [0.05, 0.1) is 6.10 Å². The summed E-state index contributed by atoms with van der Waals surface area (Å²) in [7, 11) is -1.76. The molecule has 134 valence electrons. The van der Waals surface area contributed by atoms with Crippen LogP contribution in [0.25, 0.3) is 0 Å². The summed E-state index contributed by atoms with van der Waals surface area (Å²) < 4.78 is 6.88. The molecule has 0 aromatic heterocycles. The highest BCUT2D eigenvalue weighted by atomic mass is 28.4. The van der Waals surface area contributed by atoms with Gasteiger partial charge in [0.25, 0.3) is 0 Å². The van der Waals surface area contributed by atoms with Crippen LogP contribution in [0.2, 0.25) is 18.1 Å². The Morgan fingerprint density at radius 2 is 1.74 bits per heavy atom. The van der Waals surface area contributed by atoms with Crippen LogP contribution in [0.3, 0.4) is 0 Å². The summed E-state index contributed by atoms with van der Waals surface area (Å²) in [6, 6.07) is 0. The molecule has 1 N–H and O–H groups in total. The van der Waals surface area contributed by atoms with Crippen LogP contribution in [0, 0.1) is 35.5 Å². The molecule has 0 aromatic carbocycles. The SMILES string of the molecule is C[C@@H]1[C@@H](O[Si](C)(C)C(C)(C)C)[C@H](C)C[C@@H]2C=C[C@H](C)[C@H](CO)[C@H]12. The molecule has 0 bridgehead atoms. The largest absolute Gasteiger partial charge is 0.413 e. The molecule has 1 saturated carbocycles. The molecule has 2 rings (SSSR count). The van der Waals surface area contributed by atoms with Gasteiger partial charge in [0, 0.05) is 6.61 Å². The zero-order valence-electron chi connectivity index (χ0n) is 16.5. The third-order valence-corrected chi connectivity index (χ3v) is 11.6. The van der Waals surface area contributed by atoms with Gasteiger partial charge in [-0.1, -0.05) is 53.7 Å². The van der Waals surface area contributed by atoms with Crippen LogP contribution < -0.4 is 0 Å². The van der Waals surface area contributed by atoms with Crippen molar-refractivity contribution in [2.45, 2.75) is 72.2 Å². The van der Waals surface area contributed by atoms with Gasteiger partial charge in [-0.15, -0.1) is 0 Å². The first kappa shape index (κ1) is 19.2. The monoisotopic (exact) mass is 338 g/mol. The van der Waals surface area contributed by atoms with Gasteiger partial charge in [0.1, 0.15) is 0 Å². The van der Waals surface area contributed by atoms with E-state index in [1.54, 1.807) is 0 Å². The lowest BCUT2D eigenvalue weighted by atomic mass is 9.58. The Morgan fingerprint density at radius 3 is 2.26 bits per heavy atom. The fourth-order valence-electron chi connectivity index (χ4n) is 4.60. The van der Waals surface area contributed by atoms with E-state index in [4.69, 9.17) is 4.43 Å². The minimum absolute atomic E-state index is 0.249. The average molecular weight is 339 g/mol. The Hall–Kier alpha value is -0.123. The van der Waals surface area contributed by atoms with Crippen molar-refractivity contribution >= 4 is 8.32 Å². The maximum absolute atomic E-state index is 9.97. The molecule has 2 aliphatic rings. The van der Waals surface area contributed by atoms with Crippen molar-refractivity contribution in [1.82, 2.24) is 0 Å². The summed E-state index contributed by atoms with van der Waals surface area (Å²) in [5.74, 6) is 3.16. The summed E-state index contributed by atoms with van der Waals surface area (Å²) in [5.41, 5.74) is 0. The predicted molar refractivity (Wildman–Crippen MR) is 101 cm³/mol. The smallest absolute Gasteiger partial charge is 0.192 e. The Labute approximate surface area is 144 Å². The number of aliphatic hydroxyl groups is 1. The highest BCUT2D eigenvalue weighted by Crippen LogP contribution is 2.50. The summed E-state index contributed by atoms with van der Waals surface area (Å²) >= 11 is 0. The number of rotatable bonds is 3. The standard InChI is InChI=1S/C20H38O2Si/c1-13-9-10-16-11-14(2)19(15(3)18(16)17(13)12-21)22-23(7,8)20(4,5)6/h9-10,13-19,21H,11-12H2,1-8H3/t13-,14+,15-,16-,17-,18+,19-/m0/s1. The Bertz CT molecular complexity index is 437. The van der Waals surface area contributed by atoms with Crippen LogP contribution >= 0.6 is 0 Å². The van der Waals surface area contributed by atoms with Crippen LogP contribution in [0.5, 0.6) is 0 Å². The van der Waals surface area contributed by atoms with Gasteiger partial charge < -0.3 is 9.53 Å². The molecule has 23 heavy (non-hydrogen) atoms. The molecule has 0 saturated heterocycles. The number of fused-ring (bicyclic) bond motifs is 1. The Balaban J connectivity index is 2.25. The molecular weight excluding hydrogens is 300 g/mol. The number of hydrogen-bond donors (Lipinski definition) is 1. The molecule has 0 spiro atoms. The van der Waals surface area contributed by atoms with Crippen molar-refractivity contribution < 1.29 is 9.53 Å². The molecule has 0 radical (unpaired) electrons. The van der Waals surface area contributed by atoms with Gasteiger partial charge in [0.15, 0.2) is 8.32 Å². The van der Waals surface area contributed by atoms with E-state index in [2.05, 4.69) is 66.8 Å². The van der Waals surface area contributed by atoms with E-state index >= 15 is 0 Å². The van der Waals surface area contributed by atoms with Crippen molar-refractivity contribution in [3.05, 3.63) is 12.2 Å². The van der Waals surface area contributed by atoms with E-state index in [0.29, 0.717) is 48.2 Å². The van der Waals surface area contributed by atoms with E-state index in [1.807, 2.05) is 0 Å². The van der Waals surface area contributed by atoms with Gasteiger partial charge in [-0.05, 0) is 60.1 Å². The van der Waals surface area contributed by atoms with Crippen molar-refractivity contribution in [2.75, 3.05) is 6.61 Å². The van der Waals surface area contributed by atoms with Crippen LogP contribution in [0.15, 0.2) is 12.2 Å². The first-order valence-electron chi connectivity index (χ1n) is 9.46. The third-order valence-electron chi connectivity index (χ3n) is 7.10. The van der Waals surface area contributed by atoms with Crippen molar-refractivity contribution in [1.29, 1.82) is 0 Å². The zero-order chi connectivity index (χ0) is 17.6. The van der Waals surface area contributed by atoms with Crippen LogP contribution in [-0.2, 0) is 4.43 Å². The second kappa shape index (κ2) is 6.65. The summed E-state index contributed by atoms with van der Waals surface area (Å²) in [4.78, 5) is 0. The minimum atomic E-state index is -1.76. The van der Waals surface area contributed by atoms with E-state index < -0.39 is 8.32 Å². The maximum Gasteiger partial charge on any atom is 0.192 e. The fourth-order valence-corrected chi connectivity index (χ4v) is 6.08. The van der Waals surface area contributed by atoms with E-state index in [1.165, 1.54) is 6.42 Å². The fraction of sp³-hybridized carbons (Fsp3) is 0.900. The number of aliphatic hydroxyl groups excluding tert-OH is 1. The topological polar surface area (TPSA) is 29.5 Å². The summed E-state index contributed by atoms with van der Waals surface area (Å²) in [6.07, 6.45) is 6.30. The van der Waals surface area contributed by atoms with E-state index in [0.717, 1.165) is 0 Å². The first-order chi connectivity index (χ1) is 10.5. The second-order valence-electron chi connectivity index (χ2n) is 9.75. The highest BCUT2D eigenvalue weighted by molar-refractivity contribution is 6.74. The lowest BCUT2D eigenvalue weighted by Crippen LogP contribution is -2.53. The number of hydrogen-bond acceptors (Lipinski definition) is 2. The van der Waals surface area contributed by atoms with Crippen molar-refractivity contribution in [3.63, 3.8) is 0 Å². The summed E-state index contributed by atoms with van der Waals surface area (Å²) in [6.45, 7) is 19.0. The lowest BCUT2D eigenvalue weighted by molar-refractivity contribution is -0.0507. The van der Waals surface area contributed by atoms with Crippen LogP contribution in [0.1, 0.15) is 48.0 Å².